The van der Waals surface area contributed by atoms with Gasteiger partial charge in [-0.3, -0.25) is 4.79 Å². The summed E-state index contributed by atoms with van der Waals surface area (Å²) in [6.45, 7) is 2.94. The predicted molar refractivity (Wildman–Crippen MR) is 92.5 cm³/mol. The molecule has 2 rings (SSSR count). The zero-order chi connectivity index (χ0) is 19.5. The Kier molecular flexibility index (Phi) is 5.82. The number of methoxy groups -OCH3 is 1. The molecule has 5 nitrogen and oxygen atoms in total. The molecule has 0 radical (unpaired) electrons. The summed E-state index contributed by atoms with van der Waals surface area (Å²) >= 11 is 5.79. The standard InChI is InChI=1S/C18H16ClF2NO4/c1-18(2,26-11-6-4-10(19)5-7-11)17(24)22-15-8-12(16(23)25-3)13(20)9-14(15)21/h4-9H,1-3H3,(H,22,24). The van der Waals surface area contributed by atoms with Gasteiger partial charge in [0, 0.05) is 11.1 Å². The van der Waals surface area contributed by atoms with Gasteiger partial charge in [-0.2, -0.15) is 0 Å². The SMILES string of the molecule is COC(=O)c1cc(NC(=O)C(C)(C)Oc2ccc(Cl)cc2)c(F)cc1F. The fraction of sp³-hybridized carbons (Fsp3) is 0.222. The maximum Gasteiger partial charge on any atom is 0.340 e. The van der Waals surface area contributed by atoms with Gasteiger partial charge in [0.25, 0.3) is 5.91 Å². The number of carbonyl (C=O) groups excluding carboxylic acids is 2. The molecule has 0 aliphatic rings. The molecule has 1 N–H and O–H groups in total. The Hall–Kier alpha value is -2.67. The van der Waals surface area contributed by atoms with Crippen LogP contribution in [0.2, 0.25) is 5.02 Å². The molecule has 0 fully saturated rings. The second-order valence-electron chi connectivity index (χ2n) is 5.82. The van der Waals surface area contributed by atoms with Crippen LogP contribution in [-0.4, -0.2) is 24.6 Å². The van der Waals surface area contributed by atoms with Crippen molar-refractivity contribution >= 4 is 29.2 Å². The summed E-state index contributed by atoms with van der Waals surface area (Å²) in [6, 6.07) is 7.69. The summed E-state index contributed by atoms with van der Waals surface area (Å²) in [5, 5.41) is 2.79. The van der Waals surface area contributed by atoms with Gasteiger partial charge in [-0.25, -0.2) is 13.6 Å². The minimum Gasteiger partial charge on any atom is -0.478 e. The van der Waals surface area contributed by atoms with Crippen molar-refractivity contribution in [3.8, 4) is 5.75 Å². The summed E-state index contributed by atoms with van der Waals surface area (Å²) in [5.74, 6) is -3.44. The third kappa shape index (κ3) is 4.49. The minimum absolute atomic E-state index is 0.371. The maximum atomic E-state index is 14.0. The van der Waals surface area contributed by atoms with Gasteiger partial charge in [-0.05, 0) is 44.2 Å². The Labute approximate surface area is 153 Å². The first kappa shape index (κ1) is 19.7. The molecule has 0 saturated heterocycles. The van der Waals surface area contributed by atoms with Gasteiger partial charge in [-0.15, -0.1) is 0 Å². The lowest BCUT2D eigenvalue weighted by atomic mass is 10.1. The van der Waals surface area contributed by atoms with E-state index >= 15 is 0 Å². The lowest BCUT2D eigenvalue weighted by Gasteiger charge is -2.25. The molecule has 0 aliphatic carbocycles. The number of rotatable bonds is 5. The summed E-state index contributed by atoms with van der Waals surface area (Å²) in [4.78, 5) is 24.0. The number of amides is 1. The Morgan fingerprint density at radius 3 is 2.27 bits per heavy atom. The Balaban J connectivity index is 2.22. The first-order chi connectivity index (χ1) is 12.1. The third-order valence-electron chi connectivity index (χ3n) is 3.44. The third-order valence-corrected chi connectivity index (χ3v) is 3.70. The highest BCUT2D eigenvalue weighted by atomic mass is 35.5. The molecule has 8 heteroatoms. The average Bonchev–Trinajstić information content (AvgIpc) is 2.58. The molecule has 0 spiro atoms. The van der Waals surface area contributed by atoms with Crippen LogP contribution >= 0.6 is 11.6 Å². The number of halogens is 3. The van der Waals surface area contributed by atoms with Crippen molar-refractivity contribution in [3.05, 3.63) is 58.6 Å². The fourth-order valence-electron chi connectivity index (χ4n) is 2.03. The molecule has 2 aromatic carbocycles. The number of hydrogen-bond acceptors (Lipinski definition) is 4. The molecule has 2 aromatic rings. The lowest BCUT2D eigenvalue weighted by molar-refractivity contribution is -0.128. The van der Waals surface area contributed by atoms with Crippen LogP contribution in [0, 0.1) is 11.6 Å². The highest BCUT2D eigenvalue weighted by molar-refractivity contribution is 6.30. The highest BCUT2D eigenvalue weighted by Gasteiger charge is 2.31. The number of nitrogens with one attached hydrogen (secondary N) is 1. The van der Waals surface area contributed by atoms with Crippen LogP contribution in [0.15, 0.2) is 36.4 Å². The van der Waals surface area contributed by atoms with E-state index in [4.69, 9.17) is 16.3 Å². The molecule has 1 amide bonds. The van der Waals surface area contributed by atoms with Gasteiger partial charge in [-0.1, -0.05) is 11.6 Å². The van der Waals surface area contributed by atoms with E-state index < -0.39 is 34.7 Å². The number of carbonyl (C=O) groups is 2. The second kappa shape index (κ2) is 7.70. The van der Waals surface area contributed by atoms with Gasteiger partial charge in [0.05, 0.1) is 18.4 Å². The smallest absolute Gasteiger partial charge is 0.340 e. The van der Waals surface area contributed by atoms with Gasteiger partial charge in [0.1, 0.15) is 17.4 Å². The van der Waals surface area contributed by atoms with Crippen molar-refractivity contribution in [3.63, 3.8) is 0 Å². The number of hydrogen-bond donors (Lipinski definition) is 1. The number of anilines is 1. The van der Waals surface area contributed by atoms with Crippen LogP contribution < -0.4 is 10.1 Å². The quantitative estimate of drug-likeness (QED) is 0.786. The van der Waals surface area contributed by atoms with E-state index in [1.165, 1.54) is 13.8 Å². The largest absolute Gasteiger partial charge is 0.478 e. The Morgan fingerprint density at radius 2 is 1.69 bits per heavy atom. The van der Waals surface area contributed by atoms with Gasteiger partial charge < -0.3 is 14.8 Å². The maximum absolute atomic E-state index is 14.0. The molecular weight excluding hydrogens is 368 g/mol. The first-order valence-electron chi connectivity index (χ1n) is 7.47. The van der Waals surface area contributed by atoms with E-state index in [1.54, 1.807) is 24.3 Å². The van der Waals surface area contributed by atoms with Crippen LogP contribution in [0.1, 0.15) is 24.2 Å². The van der Waals surface area contributed by atoms with Crippen molar-refractivity contribution in [1.29, 1.82) is 0 Å². The fourth-order valence-corrected chi connectivity index (χ4v) is 2.15. The summed E-state index contributed by atoms with van der Waals surface area (Å²) in [6.07, 6.45) is 0. The molecule has 138 valence electrons. The zero-order valence-electron chi connectivity index (χ0n) is 14.2. The predicted octanol–water partition coefficient (Wildman–Crippen LogP) is 4.20. The van der Waals surface area contributed by atoms with Gasteiger partial charge in [0.15, 0.2) is 5.60 Å². The number of esters is 1. The molecule has 0 atom stereocenters. The van der Waals surface area contributed by atoms with Crippen LogP contribution in [0.4, 0.5) is 14.5 Å². The van der Waals surface area contributed by atoms with Crippen LogP contribution in [0.5, 0.6) is 5.75 Å². The van der Waals surface area contributed by atoms with E-state index in [-0.39, 0.29) is 5.69 Å². The minimum atomic E-state index is -1.39. The van der Waals surface area contributed by atoms with Gasteiger partial charge >= 0.3 is 5.97 Å². The Bertz CT molecular complexity index is 838. The molecular formula is C18H16ClF2NO4. The molecule has 0 heterocycles. The van der Waals surface area contributed by atoms with E-state index in [0.29, 0.717) is 16.8 Å². The van der Waals surface area contributed by atoms with Crippen molar-refractivity contribution in [2.75, 3.05) is 12.4 Å². The molecule has 26 heavy (non-hydrogen) atoms. The second-order valence-corrected chi connectivity index (χ2v) is 6.26. The van der Waals surface area contributed by atoms with Crippen molar-refractivity contribution in [2.45, 2.75) is 19.4 Å². The first-order valence-corrected chi connectivity index (χ1v) is 7.85. The zero-order valence-corrected chi connectivity index (χ0v) is 15.0. The monoisotopic (exact) mass is 383 g/mol. The highest BCUT2D eigenvalue weighted by Crippen LogP contribution is 2.24. The van der Waals surface area contributed by atoms with Crippen LogP contribution in [0.3, 0.4) is 0 Å². The molecule has 0 aliphatic heterocycles. The van der Waals surface area contributed by atoms with Crippen molar-refractivity contribution < 1.29 is 27.8 Å². The topological polar surface area (TPSA) is 64.6 Å². The van der Waals surface area contributed by atoms with Crippen molar-refractivity contribution in [1.82, 2.24) is 0 Å². The molecule has 0 unspecified atom stereocenters. The average molecular weight is 384 g/mol. The summed E-state index contributed by atoms with van der Waals surface area (Å²) in [5.41, 5.74) is -2.26. The number of ether oxygens (including phenoxy) is 2. The molecule has 0 aromatic heterocycles. The van der Waals surface area contributed by atoms with Crippen molar-refractivity contribution in [2.24, 2.45) is 0 Å². The van der Waals surface area contributed by atoms with Crippen LogP contribution in [-0.2, 0) is 9.53 Å². The lowest BCUT2D eigenvalue weighted by Crippen LogP contribution is -2.42. The van der Waals surface area contributed by atoms with E-state index in [1.807, 2.05) is 0 Å². The summed E-state index contributed by atoms with van der Waals surface area (Å²) in [7, 11) is 1.06. The number of benzene rings is 2. The van der Waals surface area contributed by atoms with E-state index in [0.717, 1.165) is 13.2 Å². The Morgan fingerprint density at radius 1 is 1.08 bits per heavy atom. The van der Waals surface area contributed by atoms with Gasteiger partial charge in [0.2, 0.25) is 0 Å². The molecule has 0 bridgehead atoms. The van der Waals surface area contributed by atoms with Crippen LogP contribution in [0.25, 0.3) is 0 Å². The van der Waals surface area contributed by atoms with E-state index in [9.17, 15) is 18.4 Å². The molecule has 0 saturated carbocycles. The van der Waals surface area contributed by atoms with E-state index in [2.05, 4.69) is 10.1 Å². The summed E-state index contributed by atoms with van der Waals surface area (Å²) < 4.78 is 37.6. The normalized spacial score (nSPS) is 11.0.